The highest BCUT2D eigenvalue weighted by molar-refractivity contribution is 7.20. The number of aryl methyl sites for hydroxylation is 1. The second-order valence-corrected chi connectivity index (χ2v) is 9.00. The van der Waals surface area contributed by atoms with Crippen molar-refractivity contribution in [2.75, 3.05) is 10.6 Å². The number of primary amides is 1. The summed E-state index contributed by atoms with van der Waals surface area (Å²) in [5.74, 6) is -0.142. The Morgan fingerprint density at radius 3 is 2.51 bits per heavy atom. The minimum Gasteiger partial charge on any atom is -0.364 e. The van der Waals surface area contributed by atoms with E-state index in [0.29, 0.717) is 22.2 Å². The van der Waals surface area contributed by atoms with Gasteiger partial charge >= 0.3 is 0 Å². The Labute approximate surface area is 205 Å². The van der Waals surface area contributed by atoms with Gasteiger partial charge in [-0.25, -0.2) is 9.97 Å². The van der Waals surface area contributed by atoms with Crippen molar-refractivity contribution in [3.8, 4) is 0 Å². The number of thiazole rings is 1. The molecule has 0 aliphatic rings. The Hall–Kier alpha value is -4.50. The van der Waals surface area contributed by atoms with Gasteiger partial charge in [0.2, 0.25) is 0 Å². The van der Waals surface area contributed by atoms with Crippen LogP contribution in [-0.2, 0) is 6.54 Å². The summed E-state index contributed by atoms with van der Waals surface area (Å²) in [6.07, 6.45) is 3.67. The normalized spacial score (nSPS) is 10.9. The molecule has 0 saturated heterocycles. The highest BCUT2D eigenvalue weighted by atomic mass is 32.1. The van der Waals surface area contributed by atoms with E-state index in [9.17, 15) is 9.59 Å². The molecule has 2 amide bonds. The number of amides is 2. The van der Waals surface area contributed by atoms with Crippen LogP contribution in [0.25, 0.3) is 10.8 Å². The Balaban J connectivity index is 1.32. The fraction of sp³-hybridized carbons (Fsp3) is 0.0769. The van der Waals surface area contributed by atoms with Crippen molar-refractivity contribution in [2.24, 2.45) is 5.73 Å². The van der Waals surface area contributed by atoms with Gasteiger partial charge in [-0.1, -0.05) is 53.8 Å². The van der Waals surface area contributed by atoms with Crippen molar-refractivity contribution in [2.45, 2.75) is 13.5 Å². The molecule has 9 heteroatoms. The van der Waals surface area contributed by atoms with Crippen LogP contribution in [0.2, 0.25) is 0 Å². The van der Waals surface area contributed by atoms with E-state index in [0.717, 1.165) is 39.2 Å². The predicted molar refractivity (Wildman–Crippen MR) is 138 cm³/mol. The van der Waals surface area contributed by atoms with Gasteiger partial charge in [-0.15, -0.1) is 0 Å². The summed E-state index contributed by atoms with van der Waals surface area (Å²) in [5.41, 5.74) is 7.86. The lowest BCUT2D eigenvalue weighted by Crippen LogP contribution is -2.17. The molecule has 3 aromatic carbocycles. The fourth-order valence-corrected chi connectivity index (χ4v) is 4.61. The summed E-state index contributed by atoms with van der Waals surface area (Å²) >= 11 is 1.15. The lowest BCUT2D eigenvalue weighted by Gasteiger charge is -2.07. The Morgan fingerprint density at radius 2 is 1.80 bits per heavy atom. The highest BCUT2D eigenvalue weighted by Crippen LogP contribution is 2.32. The quantitative estimate of drug-likeness (QED) is 0.304. The Morgan fingerprint density at radius 1 is 1.03 bits per heavy atom. The summed E-state index contributed by atoms with van der Waals surface area (Å²) in [6, 6.07) is 21.2. The molecule has 4 N–H and O–H groups in total. The van der Waals surface area contributed by atoms with Crippen LogP contribution in [-0.4, -0.2) is 26.3 Å². The maximum Gasteiger partial charge on any atom is 0.270 e. The number of carbonyl (C=O) groups is 2. The van der Waals surface area contributed by atoms with Crippen molar-refractivity contribution in [3.63, 3.8) is 0 Å². The fourth-order valence-electron chi connectivity index (χ4n) is 3.72. The predicted octanol–water partition coefficient (Wildman–Crippen LogP) is 4.94. The number of nitrogens with one attached hydrogen (secondary N) is 2. The number of carbonyl (C=O) groups excluding carboxylic acids is 2. The van der Waals surface area contributed by atoms with Crippen LogP contribution in [0.15, 0.2) is 79.1 Å². The number of benzene rings is 3. The third-order valence-electron chi connectivity index (χ3n) is 5.58. The van der Waals surface area contributed by atoms with Crippen LogP contribution < -0.4 is 16.4 Å². The monoisotopic (exact) mass is 482 g/mol. The van der Waals surface area contributed by atoms with E-state index in [2.05, 4.69) is 20.6 Å². The van der Waals surface area contributed by atoms with Crippen LogP contribution in [0.5, 0.6) is 0 Å². The molecule has 174 valence electrons. The molecule has 0 atom stereocenters. The minimum absolute atomic E-state index is 0.0128. The van der Waals surface area contributed by atoms with Crippen LogP contribution in [0, 0.1) is 6.92 Å². The molecular formula is C26H22N6O2S. The number of nitrogens with two attached hydrogens (primary N) is 1. The van der Waals surface area contributed by atoms with Crippen molar-refractivity contribution < 1.29 is 9.59 Å². The first-order valence-electron chi connectivity index (χ1n) is 10.9. The number of fused-ring (bicyclic) bond motifs is 1. The van der Waals surface area contributed by atoms with Gasteiger partial charge in [0.05, 0.1) is 0 Å². The summed E-state index contributed by atoms with van der Waals surface area (Å²) in [5, 5.41) is 8.92. The van der Waals surface area contributed by atoms with Gasteiger partial charge in [-0.05, 0) is 47.5 Å². The van der Waals surface area contributed by atoms with Gasteiger partial charge < -0.3 is 20.9 Å². The SMILES string of the molecule is Cc1nccn1Cc1ccc(C(=O)Nc2sc(Nc3ccc4ccccc4c3)nc2C(N)=O)cc1. The van der Waals surface area contributed by atoms with Crippen molar-refractivity contribution >= 4 is 49.7 Å². The largest absolute Gasteiger partial charge is 0.364 e. The second kappa shape index (κ2) is 9.40. The molecule has 0 aliphatic carbocycles. The number of nitrogens with zero attached hydrogens (tertiary/aromatic N) is 3. The standard InChI is InChI=1S/C26H22N6O2S/c1-16-28-12-13-32(16)15-17-6-8-19(9-7-17)24(34)31-25-22(23(27)33)30-26(35-25)29-21-11-10-18-4-2-3-5-20(18)14-21/h2-14H,15H2,1H3,(H2,27,33)(H,29,30)(H,31,34). The molecule has 0 bridgehead atoms. The van der Waals surface area contributed by atoms with E-state index in [1.807, 2.05) is 72.3 Å². The molecule has 8 nitrogen and oxygen atoms in total. The van der Waals surface area contributed by atoms with E-state index < -0.39 is 5.91 Å². The topological polar surface area (TPSA) is 115 Å². The van der Waals surface area contributed by atoms with Crippen molar-refractivity contribution in [3.05, 3.63) is 102 Å². The molecule has 5 rings (SSSR count). The molecule has 0 aliphatic heterocycles. The highest BCUT2D eigenvalue weighted by Gasteiger charge is 2.19. The van der Waals surface area contributed by atoms with E-state index >= 15 is 0 Å². The van der Waals surface area contributed by atoms with Gasteiger partial charge in [0.1, 0.15) is 10.8 Å². The first-order valence-corrected chi connectivity index (χ1v) is 11.7. The van der Waals surface area contributed by atoms with Crippen molar-refractivity contribution in [1.29, 1.82) is 0 Å². The van der Waals surface area contributed by atoms with Gasteiger partial charge in [0.25, 0.3) is 11.8 Å². The summed E-state index contributed by atoms with van der Waals surface area (Å²) in [4.78, 5) is 33.4. The number of aromatic nitrogens is 3. The number of hydrogen-bond acceptors (Lipinski definition) is 6. The number of hydrogen-bond donors (Lipinski definition) is 3. The van der Waals surface area contributed by atoms with E-state index in [4.69, 9.17) is 5.73 Å². The lowest BCUT2D eigenvalue weighted by atomic mass is 10.1. The average molecular weight is 483 g/mol. The van der Waals surface area contributed by atoms with Crippen LogP contribution in [0.4, 0.5) is 15.8 Å². The molecule has 5 aromatic rings. The maximum absolute atomic E-state index is 12.9. The molecule has 0 fully saturated rings. The molecular weight excluding hydrogens is 460 g/mol. The van der Waals surface area contributed by atoms with Crippen LogP contribution in [0.1, 0.15) is 32.2 Å². The molecule has 0 radical (unpaired) electrons. The first kappa shape index (κ1) is 22.3. The zero-order chi connectivity index (χ0) is 24.4. The summed E-state index contributed by atoms with van der Waals surface area (Å²) in [7, 11) is 0. The molecule has 0 spiro atoms. The summed E-state index contributed by atoms with van der Waals surface area (Å²) < 4.78 is 2.02. The zero-order valence-electron chi connectivity index (χ0n) is 18.9. The molecule has 2 aromatic heterocycles. The number of anilines is 3. The molecule has 35 heavy (non-hydrogen) atoms. The van der Waals surface area contributed by atoms with Crippen LogP contribution in [0.3, 0.4) is 0 Å². The number of rotatable bonds is 7. The minimum atomic E-state index is -0.714. The third-order valence-corrected chi connectivity index (χ3v) is 6.47. The van der Waals surface area contributed by atoms with Crippen molar-refractivity contribution in [1.82, 2.24) is 14.5 Å². The Kier molecular flexibility index (Phi) is 5.99. The molecule has 0 saturated carbocycles. The third kappa shape index (κ3) is 4.90. The first-order chi connectivity index (χ1) is 17.0. The van der Waals surface area contributed by atoms with E-state index in [1.54, 1.807) is 18.3 Å². The van der Waals surface area contributed by atoms with E-state index in [-0.39, 0.29) is 11.6 Å². The number of imidazole rings is 1. The Bertz CT molecular complexity index is 1540. The van der Waals surface area contributed by atoms with E-state index in [1.165, 1.54) is 0 Å². The van der Waals surface area contributed by atoms with Gasteiger partial charge in [0.15, 0.2) is 10.8 Å². The van der Waals surface area contributed by atoms with Gasteiger partial charge in [-0.3, -0.25) is 9.59 Å². The summed E-state index contributed by atoms with van der Waals surface area (Å²) in [6.45, 7) is 2.61. The van der Waals surface area contributed by atoms with Crippen LogP contribution >= 0.6 is 11.3 Å². The second-order valence-electron chi connectivity index (χ2n) is 8.00. The van der Waals surface area contributed by atoms with Gasteiger partial charge in [-0.2, -0.15) is 0 Å². The maximum atomic E-state index is 12.9. The molecule has 2 heterocycles. The smallest absolute Gasteiger partial charge is 0.270 e. The average Bonchev–Trinajstić information content (AvgIpc) is 3.45. The zero-order valence-corrected chi connectivity index (χ0v) is 19.7. The lowest BCUT2D eigenvalue weighted by molar-refractivity contribution is 0.0997. The molecule has 0 unspecified atom stereocenters. The van der Waals surface area contributed by atoms with Gasteiger partial charge in [0, 0.05) is 30.2 Å².